The van der Waals surface area contributed by atoms with Crippen LogP contribution in [0, 0.1) is 0 Å². The van der Waals surface area contributed by atoms with Crippen LogP contribution in [-0.4, -0.2) is 88.0 Å². The lowest BCUT2D eigenvalue weighted by Crippen LogP contribution is -2.42. The SMILES string of the molecule is CC(C)(C)NC[C@H](O)COc1nsnc1N1CCOCC1.O=C(O)/C=C/C(=O)OC(=O)c1ccccc1. The first-order valence-electron chi connectivity index (χ1n) is 11.5. The van der Waals surface area contributed by atoms with E-state index < -0.39 is 24.0 Å². The molecule has 12 nitrogen and oxygen atoms in total. The minimum absolute atomic E-state index is 0.0257. The number of esters is 2. The van der Waals surface area contributed by atoms with Crippen molar-refractivity contribution in [1.82, 2.24) is 14.1 Å². The summed E-state index contributed by atoms with van der Waals surface area (Å²) >= 11 is 1.12. The topological polar surface area (TPSA) is 160 Å². The number of hydrogen-bond acceptors (Lipinski definition) is 12. The van der Waals surface area contributed by atoms with E-state index in [1.165, 1.54) is 12.1 Å². The van der Waals surface area contributed by atoms with E-state index in [-0.39, 0.29) is 17.7 Å². The Morgan fingerprint density at radius 1 is 1.16 bits per heavy atom. The Bertz CT molecular complexity index is 1030. The molecule has 0 saturated carbocycles. The van der Waals surface area contributed by atoms with Crippen molar-refractivity contribution in [3.8, 4) is 5.88 Å². The molecule has 0 radical (unpaired) electrons. The number of hydrogen-bond donors (Lipinski definition) is 3. The largest absolute Gasteiger partial charge is 0.478 e. The van der Waals surface area contributed by atoms with Gasteiger partial charge in [-0.25, -0.2) is 14.4 Å². The number of carboxylic acids is 1. The van der Waals surface area contributed by atoms with Gasteiger partial charge in [-0.3, -0.25) is 0 Å². The number of aliphatic hydroxyl groups is 1. The highest BCUT2D eigenvalue weighted by Gasteiger charge is 2.21. The summed E-state index contributed by atoms with van der Waals surface area (Å²) in [5.41, 5.74) is 0.196. The van der Waals surface area contributed by atoms with Gasteiger partial charge < -0.3 is 34.6 Å². The van der Waals surface area contributed by atoms with Gasteiger partial charge in [0.1, 0.15) is 12.7 Å². The van der Waals surface area contributed by atoms with Gasteiger partial charge in [0.15, 0.2) is 0 Å². The molecular weight excluding hydrogens is 504 g/mol. The van der Waals surface area contributed by atoms with Crippen LogP contribution >= 0.6 is 11.7 Å². The normalized spacial score (nSPS) is 14.4. The molecule has 0 spiro atoms. The van der Waals surface area contributed by atoms with E-state index >= 15 is 0 Å². The molecule has 0 amide bonds. The van der Waals surface area contributed by atoms with Gasteiger partial charge >= 0.3 is 17.9 Å². The number of morpholine rings is 1. The van der Waals surface area contributed by atoms with E-state index in [0.29, 0.717) is 37.8 Å². The average Bonchev–Trinajstić information content (AvgIpc) is 3.35. The molecule has 1 fully saturated rings. The van der Waals surface area contributed by atoms with Crippen molar-refractivity contribution < 1.29 is 38.8 Å². The number of ether oxygens (including phenoxy) is 3. The Labute approximate surface area is 219 Å². The lowest BCUT2D eigenvalue weighted by molar-refractivity contribution is -0.134. The van der Waals surface area contributed by atoms with Crippen LogP contribution in [0.25, 0.3) is 0 Å². The molecule has 1 aliphatic heterocycles. The van der Waals surface area contributed by atoms with Crippen LogP contribution in [0.2, 0.25) is 0 Å². The van der Waals surface area contributed by atoms with Crippen LogP contribution in [0.15, 0.2) is 42.5 Å². The van der Waals surface area contributed by atoms with Crippen LogP contribution in [0.5, 0.6) is 5.88 Å². The van der Waals surface area contributed by atoms with Crippen molar-refractivity contribution in [1.29, 1.82) is 0 Å². The van der Waals surface area contributed by atoms with Crippen molar-refractivity contribution in [3.05, 3.63) is 48.0 Å². The highest BCUT2D eigenvalue weighted by molar-refractivity contribution is 6.99. The zero-order valence-corrected chi connectivity index (χ0v) is 21.8. The third-order valence-electron chi connectivity index (χ3n) is 4.60. The van der Waals surface area contributed by atoms with Gasteiger partial charge in [-0.15, -0.1) is 4.37 Å². The molecule has 2 aromatic rings. The Hall–Kier alpha value is -3.39. The standard InChI is InChI=1S/C13H24N4O3S.C11H8O5/c1-13(2,3)14-8-10(18)9-20-12-11(15-21-16-12)17-4-6-19-7-5-17;12-9(13)6-7-10(14)16-11(15)8-4-2-1-3-5-8/h10,14,18H,4-9H2,1-3H3;1-7H,(H,12,13)/b;7-6+/t10-;/m0./s1. The Morgan fingerprint density at radius 3 is 2.46 bits per heavy atom. The number of carbonyl (C=O) groups is 3. The van der Waals surface area contributed by atoms with Gasteiger partial charge in [-0.05, 0) is 32.9 Å². The summed E-state index contributed by atoms with van der Waals surface area (Å²) in [4.78, 5) is 34.4. The van der Waals surface area contributed by atoms with Crippen LogP contribution in [0.3, 0.4) is 0 Å². The molecule has 1 aromatic carbocycles. The molecule has 1 aliphatic rings. The smallest absolute Gasteiger partial charge is 0.346 e. The minimum Gasteiger partial charge on any atom is -0.478 e. The summed E-state index contributed by atoms with van der Waals surface area (Å²) in [5, 5.41) is 21.4. The quantitative estimate of drug-likeness (QED) is 0.241. The maximum atomic E-state index is 11.3. The van der Waals surface area contributed by atoms with Crippen LogP contribution in [0.4, 0.5) is 5.82 Å². The number of aliphatic carboxylic acids is 1. The molecule has 1 aromatic heterocycles. The lowest BCUT2D eigenvalue weighted by Gasteiger charge is -2.27. The molecule has 3 rings (SSSR count). The number of benzene rings is 1. The van der Waals surface area contributed by atoms with Gasteiger partial charge in [0.2, 0.25) is 5.82 Å². The van der Waals surface area contributed by atoms with Gasteiger partial charge in [0, 0.05) is 37.3 Å². The highest BCUT2D eigenvalue weighted by Crippen LogP contribution is 2.26. The Morgan fingerprint density at radius 2 is 1.84 bits per heavy atom. The summed E-state index contributed by atoms with van der Waals surface area (Å²) in [5.74, 6) is -1.88. The maximum absolute atomic E-state index is 11.3. The van der Waals surface area contributed by atoms with Gasteiger partial charge in [0.25, 0.3) is 5.88 Å². The summed E-state index contributed by atoms with van der Waals surface area (Å²) in [6.07, 6.45) is 0.688. The number of nitrogens with zero attached hydrogens (tertiary/aromatic N) is 3. The predicted molar refractivity (Wildman–Crippen MR) is 136 cm³/mol. The van der Waals surface area contributed by atoms with Crippen molar-refractivity contribution in [2.45, 2.75) is 32.4 Å². The third-order valence-corrected chi connectivity index (χ3v) is 5.10. The number of anilines is 1. The van der Waals surface area contributed by atoms with E-state index in [9.17, 15) is 19.5 Å². The van der Waals surface area contributed by atoms with E-state index in [4.69, 9.17) is 14.6 Å². The predicted octanol–water partition coefficient (Wildman–Crippen LogP) is 1.51. The molecule has 1 saturated heterocycles. The van der Waals surface area contributed by atoms with E-state index in [0.717, 1.165) is 30.6 Å². The van der Waals surface area contributed by atoms with E-state index in [2.05, 4.69) is 44.5 Å². The highest BCUT2D eigenvalue weighted by atomic mass is 32.1. The van der Waals surface area contributed by atoms with Gasteiger partial charge in [0.05, 0.1) is 30.5 Å². The second-order valence-corrected chi connectivity index (χ2v) is 9.36. The first-order valence-corrected chi connectivity index (χ1v) is 12.2. The summed E-state index contributed by atoms with van der Waals surface area (Å²) < 4.78 is 23.8. The first-order chi connectivity index (χ1) is 17.5. The lowest BCUT2D eigenvalue weighted by atomic mass is 10.1. The van der Waals surface area contributed by atoms with Gasteiger partial charge in [-0.2, -0.15) is 4.37 Å². The van der Waals surface area contributed by atoms with Gasteiger partial charge in [-0.1, -0.05) is 18.2 Å². The average molecular weight is 537 g/mol. The van der Waals surface area contributed by atoms with Crippen LogP contribution < -0.4 is 15.0 Å². The Kier molecular flexibility index (Phi) is 12.1. The first kappa shape index (κ1) is 29.8. The van der Waals surface area contributed by atoms with Crippen molar-refractivity contribution in [2.24, 2.45) is 0 Å². The van der Waals surface area contributed by atoms with E-state index in [1.807, 2.05) is 0 Å². The summed E-state index contributed by atoms with van der Waals surface area (Å²) in [6, 6.07) is 7.91. The second kappa shape index (κ2) is 15.0. The van der Waals surface area contributed by atoms with Crippen molar-refractivity contribution >= 4 is 35.5 Å². The van der Waals surface area contributed by atoms with Crippen molar-refractivity contribution in [2.75, 3.05) is 44.4 Å². The van der Waals surface area contributed by atoms with Crippen LogP contribution in [0.1, 0.15) is 31.1 Å². The van der Waals surface area contributed by atoms with Crippen LogP contribution in [-0.2, 0) is 19.1 Å². The molecule has 0 aliphatic carbocycles. The summed E-state index contributed by atoms with van der Waals surface area (Å²) in [7, 11) is 0. The molecule has 202 valence electrons. The molecular formula is C24H32N4O8S. The molecule has 0 bridgehead atoms. The molecule has 0 unspecified atom stereocenters. The zero-order chi connectivity index (χ0) is 27.3. The number of rotatable bonds is 9. The number of aliphatic hydroxyl groups excluding tert-OH is 1. The minimum atomic E-state index is -1.29. The fraction of sp³-hybridized carbons (Fsp3) is 0.458. The molecule has 13 heteroatoms. The fourth-order valence-corrected chi connectivity index (χ4v) is 3.31. The molecule has 37 heavy (non-hydrogen) atoms. The van der Waals surface area contributed by atoms with Crippen molar-refractivity contribution in [3.63, 3.8) is 0 Å². The molecule has 1 atom stereocenters. The number of carbonyl (C=O) groups excluding carboxylic acids is 2. The number of nitrogens with one attached hydrogen (secondary N) is 1. The summed E-state index contributed by atoms with van der Waals surface area (Å²) in [6.45, 7) is 9.81. The maximum Gasteiger partial charge on any atom is 0.346 e. The number of aromatic nitrogens is 2. The van der Waals surface area contributed by atoms with E-state index in [1.54, 1.807) is 18.2 Å². The Balaban J connectivity index is 0.000000271. The second-order valence-electron chi connectivity index (χ2n) is 8.83. The molecule has 3 N–H and O–H groups in total. The number of β-amino-alcohol motifs (C(OH)–C–C–N with tert-alkyl or cyclic N) is 1. The molecule has 2 heterocycles. The fourth-order valence-electron chi connectivity index (χ4n) is 2.79. The number of carboxylic acid groups (broad SMARTS) is 1. The third kappa shape index (κ3) is 11.9. The monoisotopic (exact) mass is 536 g/mol. The zero-order valence-electron chi connectivity index (χ0n) is 21.0.